The summed E-state index contributed by atoms with van der Waals surface area (Å²) < 4.78 is 27.7. The second-order valence-electron chi connectivity index (χ2n) is 3.84. The first-order valence-corrected chi connectivity index (χ1v) is 7.13. The van der Waals surface area contributed by atoms with Crippen molar-refractivity contribution in [2.75, 3.05) is 4.72 Å². The van der Waals surface area contributed by atoms with Crippen LogP contribution in [0.3, 0.4) is 0 Å². The van der Waals surface area contributed by atoms with E-state index >= 15 is 0 Å². The van der Waals surface area contributed by atoms with E-state index in [1.165, 1.54) is 30.1 Å². The number of primary amides is 1. The summed E-state index contributed by atoms with van der Waals surface area (Å²) in [6.45, 7) is 0. The molecule has 3 N–H and O–H groups in total. The predicted octanol–water partition coefficient (Wildman–Crippen LogP) is 0.368. The van der Waals surface area contributed by atoms with Crippen LogP contribution in [0.1, 0.15) is 10.5 Å². The number of sulfonamides is 1. The monoisotopic (exact) mass is 315 g/mol. The average molecular weight is 316 g/mol. The molecule has 0 aliphatic heterocycles. The molecule has 0 aromatic carbocycles. The van der Waals surface area contributed by atoms with Crippen molar-refractivity contribution in [1.82, 2.24) is 14.5 Å². The van der Waals surface area contributed by atoms with Gasteiger partial charge in [0.05, 0.1) is 0 Å². The summed E-state index contributed by atoms with van der Waals surface area (Å²) in [5.74, 6) is -0.894. The van der Waals surface area contributed by atoms with Gasteiger partial charge in [-0.15, -0.1) is 0 Å². The molecule has 0 saturated carbocycles. The zero-order chi connectivity index (χ0) is 14.9. The van der Waals surface area contributed by atoms with Gasteiger partial charge in [0.25, 0.3) is 15.9 Å². The summed E-state index contributed by atoms with van der Waals surface area (Å²) in [7, 11) is -2.42. The highest BCUT2D eigenvalue weighted by molar-refractivity contribution is 7.92. The topological polar surface area (TPSA) is 120 Å². The Bertz CT molecular complexity index is 771. The van der Waals surface area contributed by atoms with Gasteiger partial charge in [0, 0.05) is 19.4 Å². The molecular formula is C10H10ClN5O3S. The number of carbonyl (C=O) groups is 1. The van der Waals surface area contributed by atoms with Crippen molar-refractivity contribution in [1.29, 1.82) is 0 Å². The second kappa shape index (κ2) is 5.10. The highest BCUT2D eigenvalue weighted by Gasteiger charge is 2.20. The number of amides is 1. The third-order valence-corrected chi connectivity index (χ3v) is 3.90. The molecule has 106 valence electrons. The van der Waals surface area contributed by atoms with Gasteiger partial charge < -0.3 is 10.3 Å². The van der Waals surface area contributed by atoms with E-state index in [0.717, 1.165) is 6.07 Å². The normalized spacial score (nSPS) is 11.3. The summed E-state index contributed by atoms with van der Waals surface area (Å²) >= 11 is 5.64. The molecule has 0 unspecified atom stereocenters. The SMILES string of the molecule is Cn1cc(S(=O)(=O)Nc2nccc(Cl)n2)cc1C(N)=O. The summed E-state index contributed by atoms with van der Waals surface area (Å²) in [5, 5.41) is 0.101. The van der Waals surface area contributed by atoms with Crippen molar-refractivity contribution >= 4 is 33.5 Å². The maximum absolute atomic E-state index is 12.1. The molecule has 2 aromatic rings. The van der Waals surface area contributed by atoms with E-state index in [2.05, 4.69) is 14.7 Å². The van der Waals surface area contributed by atoms with Gasteiger partial charge in [-0.25, -0.2) is 23.1 Å². The van der Waals surface area contributed by atoms with Crippen LogP contribution in [0.25, 0.3) is 0 Å². The van der Waals surface area contributed by atoms with Crippen molar-refractivity contribution < 1.29 is 13.2 Å². The number of halogens is 1. The lowest BCUT2D eigenvalue weighted by Crippen LogP contribution is -2.15. The molecule has 2 aromatic heterocycles. The van der Waals surface area contributed by atoms with Crippen molar-refractivity contribution in [2.45, 2.75) is 4.90 Å². The van der Waals surface area contributed by atoms with Crippen molar-refractivity contribution in [3.05, 3.63) is 35.4 Å². The summed E-state index contributed by atoms with van der Waals surface area (Å²) in [6, 6.07) is 2.57. The van der Waals surface area contributed by atoms with Crippen LogP contribution in [0.2, 0.25) is 5.15 Å². The van der Waals surface area contributed by atoms with Gasteiger partial charge in [0.1, 0.15) is 15.7 Å². The Hall–Kier alpha value is -2.13. The summed E-state index contributed by atoms with van der Waals surface area (Å²) in [5.41, 5.74) is 5.19. The lowest BCUT2D eigenvalue weighted by atomic mass is 10.4. The van der Waals surface area contributed by atoms with Crippen molar-refractivity contribution in [2.24, 2.45) is 12.8 Å². The van der Waals surface area contributed by atoms with Crippen LogP contribution < -0.4 is 10.5 Å². The third kappa shape index (κ3) is 2.89. The Kier molecular flexibility index (Phi) is 3.64. The van der Waals surface area contributed by atoms with E-state index in [1.807, 2.05) is 0 Å². The van der Waals surface area contributed by atoms with E-state index in [-0.39, 0.29) is 21.7 Å². The van der Waals surface area contributed by atoms with Gasteiger partial charge in [-0.05, 0) is 12.1 Å². The first-order chi connectivity index (χ1) is 9.29. The first kappa shape index (κ1) is 14.3. The second-order valence-corrected chi connectivity index (χ2v) is 5.91. The van der Waals surface area contributed by atoms with Gasteiger partial charge in [-0.3, -0.25) is 4.79 Å². The molecule has 0 spiro atoms. The highest BCUT2D eigenvalue weighted by atomic mass is 35.5. The lowest BCUT2D eigenvalue weighted by molar-refractivity contribution is 0.0992. The molecule has 2 heterocycles. The zero-order valence-electron chi connectivity index (χ0n) is 10.2. The fourth-order valence-corrected chi connectivity index (χ4v) is 2.65. The van der Waals surface area contributed by atoms with E-state index in [9.17, 15) is 13.2 Å². The van der Waals surface area contributed by atoms with Crippen LogP contribution in [0.15, 0.2) is 29.4 Å². The minimum absolute atomic E-state index is 0.0670. The molecule has 0 bridgehead atoms. The minimum Gasteiger partial charge on any atom is -0.364 e. The molecule has 0 radical (unpaired) electrons. The quantitative estimate of drug-likeness (QED) is 0.790. The number of carbonyl (C=O) groups excluding carboxylic acids is 1. The maximum atomic E-state index is 12.1. The number of nitrogens with one attached hydrogen (secondary N) is 1. The number of nitrogens with zero attached hydrogens (tertiary/aromatic N) is 3. The fourth-order valence-electron chi connectivity index (χ4n) is 1.49. The molecule has 0 atom stereocenters. The number of hydrogen-bond donors (Lipinski definition) is 2. The van der Waals surface area contributed by atoms with Gasteiger partial charge in [0.15, 0.2) is 0 Å². The largest absolute Gasteiger partial charge is 0.364 e. The summed E-state index contributed by atoms with van der Waals surface area (Å²) in [4.78, 5) is 18.4. The van der Waals surface area contributed by atoms with E-state index < -0.39 is 15.9 Å². The Morgan fingerprint density at radius 3 is 2.75 bits per heavy atom. The van der Waals surface area contributed by atoms with Crippen molar-refractivity contribution in [3.63, 3.8) is 0 Å². The van der Waals surface area contributed by atoms with Crippen LogP contribution in [-0.2, 0) is 17.1 Å². The smallest absolute Gasteiger partial charge is 0.265 e. The molecule has 10 heteroatoms. The van der Waals surface area contributed by atoms with Crippen molar-refractivity contribution in [3.8, 4) is 0 Å². The molecular weight excluding hydrogens is 306 g/mol. The van der Waals surface area contributed by atoms with Crippen LogP contribution in [0, 0.1) is 0 Å². The molecule has 0 fully saturated rings. The van der Waals surface area contributed by atoms with Gasteiger partial charge in [-0.2, -0.15) is 0 Å². The average Bonchev–Trinajstić information content (AvgIpc) is 2.71. The number of nitrogens with two attached hydrogens (primary N) is 1. The van der Waals surface area contributed by atoms with Crippen LogP contribution >= 0.6 is 11.6 Å². The van der Waals surface area contributed by atoms with Gasteiger partial charge in [-0.1, -0.05) is 11.6 Å². The lowest BCUT2D eigenvalue weighted by Gasteiger charge is -2.04. The molecule has 0 saturated heterocycles. The number of rotatable bonds is 4. The third-order valence-electron chi connectivity index (χ3n) is 2.39. The Morgan fingerprint density at radius 2 is 2.20 bits per heavy atom. The Morgan fingerprint density at radius 1 is 1.50 bits per heavy atom. The number of hydrogen-bond acceptors (Lipinski definition) is 5. The maximum Gasteiger partial charge on any atom is 0.265 e. The minimum atomic E-state index is -3.93. The fraction of sp³-hybridized carbons (Fsp3) is 0.100. The van der Waals surface area contributed by atoms with E-state index in [0.29, 0.717) is 0 Å². The standard InChI is InChI=1S/C10H10ClN5O3S/c1-16-5-6(4-7(16)9(12)17)20(18,19)15-10-13-3-2-8(11)14-10/h2-5H,1H3,(H2,12,17)(H,13,14,15). The molecule has 8 nitrogen and oxygen atoms in total. The molecule has 2 rings (SSSR count). The Labute approximate surface area is 119 Å². The molecule has 0 aliphatic carbocycles. The van der Waals surface area contributed by atoms with Crippen LogP contribution in [0.5, 0.6) is 0 Å². The summed E-state index contributed by atoms with van der Waals surface area (Å²) in [6.07, 6.45) is 2.57. The number of aryl methyl sites for hydroxylation is 1. The van der Waals surface area contributed by atoms with Gasteiger partial charge >= 0.3 is 0 Å². The Balaban J connectivity index is 2.36. The highest BCUT2D eigenvalue weighted by Crippen LogP contribution is 2.16. The first-order valence-electron chi connectivity index (χ1n) is 5.27. The van der Waals surface area contributed by atoms with Crippen LogP contribution in [-0.4, -0.2) is 28.9 Å². The number of anilines is 1. The van der Waals surface area contributed by atoms with Gasteiger partial charge in [0.2, 0.25) is 5.95 Å². The molecule has 0 aliphatic rings. The molecule has 1 amide bonds. The van der Waals surface area contributed by atoms with Crippen LogP contribution in [0.4, 0.5) is 5.95 Å². The predicted molar refractivity (Wildman–Crippen MR) is 71.8 cm³/mol. The zero-order valence-corrected chi connectivity index (χ0v) is 11.8. The van der Waals surface area contributed by atoms with E-state index in [1.54, 1.807) is 0 Å². The number of aromatic nitrogens is 3. The molecule has 20 heavy (non-hydrogen) atoms. The van der Waals surface area contributed by atoms with E-state index in [4.69, 9.17) is 17.3 Å².